The predicted octanol–water partition coefficient (Wildman–Crippen LogP) is 3.53. The summed E-state index contributed by atoms with van der Waals surface area (Å²) in [6.07, 6.45) is 2.57. The van der Waals surface area contributed by atoms with E-state index in [1.165, 1.54) is 36.1 Å². The highest BCUT2D eigenvalue weighted by Gasteiger charge is 2.20. The number of carbonyl (C=O) groups excluding carboxylic acids is 1. The van der Waals surface area contributed by atoms with Crippen molar-refractivity contribution in [1.82, 2.24) is 9.78 Å². The molecule has 9 nitrogen and oxygen atoms in total. The quantitative estimate of drug-likeness (QED) is 0.168. The number of esters is 1. The molecule has 0 aliphatic rings. The molecule has 0 bridgehead atoms. The summed E-state index contributed by atoms with van der Waals surface area (Å²) in [5, 5.41) is 16.7. The fraction of sp³-hybridized carbons (Fsp3) is 0.0952. The largest absolute Gasteiger partial charge is 0.466 e. The zero-order valence-corrected chi connectivity index (χ0v) is 16.0. The normalized spacial score (nSPS) is 11.4. The molecule has 4 rings (SSSR count). The number of aryl methyl sites for hydroxylation is 1. The third kappa shape index (κ3) is 3.12. The predicted molar refractivity (Wildman–Crippen MR) is 110 cm³/mol. The van der Waals surface area contributed by atoms with Crippen molar-refractivity contribution in [3.05, 3.63) is 80.3 Å². The van der Waals surface area contributed by atoms with E-state index in [1.807, 2.05) is 6.07 Å². The number of benzene rings is 2. The van der Waals surface area contributed by atoms with E-state index in [2.05, 4.69) is 9.84 Å². The van der Waals surface area contributed by atoms with E-state index >= 15 is 0 Å². The molecule has 9 heteroatoms. The minimum Gasteiger partial charge on any atom is -0.466 e. The summed E-state index contributed by atoms with van der Waals surface area (Å²) < 4.78 is 11.5. The van der Waals surface area contributed by atoms with Crippen LogP contribution in [0.1, 0.15) is 11.3 Å². The van der Waals surface area contributed by atoms with Crippen LogP contribution in [0.25, 0.3) is 33.6 Å². The summed E-state index contributed by atoms with van der Waals surface area (Å²) in [7, 11) is 1.23. The number of carbonyl (C=O) groups is 1. The molecule has 0 unspecified atom stereocenters. The SMILES string of the molecule is COC(=O)/C=C/c1cc([N+](=O)[O-])ccc1-n1nc(C)c2c(=O)oc3ccccc3c21. The molecule has 150 valence electrons. The Morgan fingerprint density at radius 1 is 1.27 bits per heavy atom. The van der Waals surface area contributed by atoms with Gasteiger partial charge >= 0.3 is 11.6 Å². The number of fused-ring (bicyclic) bond motifs is 3. The van der Waals surface area contributed by atoms with Crippen LogP contribution in [0.15, 0.2) is 57.8 Å². The molecule has 0 amide bonds. The molecule has 0 saturated carbocycles. The number of non-ortho nitro benzene ring substituents is 1. The first-order chi connectivity index (χ1) is 14.4. The summed E-state index contributed by atoms with van der Waals surface area (Å²) >= 11 is 0. The Morgan fingerprint density at radius 2 is 2.03 bits per heavy atom. The number of aromatic nitrogens is 2. The van der Waals surface area contributed by atoms with Crippen LogP contribution in [0.5, 0.6) is 0 Å². The number of nitro groups is 1. The average Bonchev–Trinajstić information content (AvgIpc) is 3.09. The van der Waals surface area contributed by atoms with E-state index in [-0.39, 0.29) is 5.69 Å². The van der Waals surface area contributed by atoms with Gasteiger partial charge in [0.1, 0.15) is 11.0 Å². The van der Waals surface area contributed by atoms with Crippen molar-refractivity contribution in [3.63, 3.8) is 0 Å². The topological polar surface area (TPSA) is 117 Å². The minimum atomic E-state index is -0.611. The van der Waals surface area contributed by atoms with E-state index < -0.39 is 16.5 Å². The Hall–Kier alpha value is -4.27. The summed E-state index contributed by atoms with van der Waals surface area (Å²) in [6.45, 7) is 1.68. The minimum absolute atomic E-state index is 0.152. The van der Waals surface area contributed by atoms with Gasteiger partial charge in [-0.15, -0.1) is 0 Å². The van der Waals surface area contributed by atoms with Crippen LogP contribution in [0.4, 0.5) is 5.69 Å². The molecule has 0 N–H and O–H groups in total. The molecular weight excluding hydrogens is 390 g/mol. The number of nitro benzene ring substituents is 1. The van der Waals surface area contributed by atoms with E-state index in [9.17, 15) is 19.7 Å². The Kier molecular flexibility index (Phi) is 4.63. The lowest BCUT2D eigenvalue weighted by Crippen LogP contribution is -2.03. The van der Waals surface area contributed by atoms with Gasteiger partial charge in [-0.2, -0.15) is 5.10 Å². The molecule has 0 aliphatic heterocycles. The maximum absolute atomic E-state index is 12.6. The van der Waals surface area contributed by atoms with Gasteiger partial charge in [-0.3, -0.25) is 10.1 Å². The van der Waals surface area contributed by atoms with Crippen molar-refractivity contribution in [2.24, 2.45) is 0 Å². The van der Waals surface area contributed by atoms with Crippen LogP contribution in [-0.2, 0) is 9.53 Å². The average molecular weight is 405 g/mol. The lowest BCUT2D eigenvalue weighted by molar-refractivity contribution is -0.384. The lowest BCUT2D eigenvalue weighted by atomic mass is 10.1. The first-order valence-corrected chi connectivity index (χ1v) is 8.86. The van der Waals surface area contributed by atoms with Gasteiger partial charge in [-0.1, -0.05) is 12.1 Å². The maximum atomic E-state index is 12.6. The molecule has 2 aromatic carbocycles. The van der Waals surface area contributed by atoms with E-state index in [1.54, 1.807) is 25.1 Å². The van der Waals surface area contributed by atoms with Crippen molar-refractivity contribution < 1.29 is 18.9 Å². The monoisotopic (exact) mass is 405 g/mol. The standard InChI is InChI=1S/C21H15N3O6/c1-12-19-20(15-5-3-4-6-17(15)30-21(19)26)23(22-12)16-9-8-14(24(27)28)11-13(16)7-10-18(25)29-2/h3-11H,1-2H3/b10-7+. The van der Waals surface area contributed by atoms with Crippen molar-refractivity contribution in [2.45, 2.75) is 6.92 Å². The van der Waals surface area contributed by atoms with Gasteiger partial charge in [0.15, 0.2) is 0 Å². The molecule has 2 heterocycles. The van der Waals surface area contributed by atoms with Crippen LogP contribution in [-0.4, -0.2) is 27.8 Å². The molecule has 30 heavy (non-hydrogen) atoms. The molecule has 0 spiro atoms. The Labute approximate surface area is 168 Å². The fourth-order valence-corrected chi connectivity index (χ4v) is 3.30. The van der Waals surface area contributed by atoms with Crippen LogP contribution < -0.4 is 5.63 Å². The van der Waals surface area contributed by atoms with Crippen LogP contribution >= 0.6 is 0 Å². The van der Waals surface area contributed by atoms with Gasteiger partial charge in [-0.25, -0.2) is 14.3 Å². The second-order valence-corrected chi connectivity index (χ2v) is 6.46. The third-order valence-corrected chi connectivity index (χ3v) is 4.66. The number of hydrogen-bond acceptors (Lipinski definition) is 7. The smallest absolute Gasteiger partial charge is 0.347 e. The lowest BCUT2D eigenvalue weighted by Gasteiger charge is -2.09. The molecule has 0 atom stereocenters. The van der Waals surface area contributed by atoms with Crippen molar-refractivity contribution in [3.8, 4) is 5.69 Å². The highest BCUT2D eigenvalue weighted by molar-refractivity contribution is 6.04. The Bertz CT molecular complexity index is 1410. The summed E-state index contributed by atoms with van der Waals surface area (Å²) in [5.74, 6) is -0.611. The van der Waals surface area contributed by atoms with E-state index in [0.29, 0.717) is 38.8 Å². The Balaban J connectivity index is 2.08. The first-order valence-electron chi connectivity index (χ1n) is 8.86. The molecule has 0 saturated heterocycles. The number of rotatable bonds is 4. The summed E-state index contributed by atoms with van der Waals surface area (Å²) in [5.41, 5.74) is 1.49. The molecular formula is C21H15N3O6. The molecule has 4 aromatic rings. The third-order valence-electron chi connectivity index (χ3n) is 4.66. The Morgan fingerprint density at radius 3 is 2.77 bits per heavy atom. The number of methoxy groups -OCH3 is 1. The number of para-hydroxylation sites is 1. The van der Waals surface area contributed by atoms with E-state index in [0.717, 1.165) is 6.08 Å². The highest BCUT2D eigenvalue weighted by atomic mass is 16.6. The second-order valence-electron chi connectivity index (χ2n) is 6.46. The second kappa shape index (κ2) is 7.28. The number of nitrogens with zero attached hydrogens (tertiary/aromatic N) is 3. The van der Waals surface area contributed by atoms with Crippen molar-refractivity contribution in [2.75, 3.05) is 7.11 Å². The van der Waals surface area contributed by atoms with Crippen molar-refractivity contribution >= 4 is 39.6 Å². The fourth-order valence-electron chi connectivity index (χ4n) is 3.30. The van der Waals surface area contributed by atoms with E-state index in [4.69, 9.17) is 4.42 Å². The molecule has 0 fully saturated rings. The van der Waals surface area contributed by atoms with Gasteiger partial charge in [-0.05, 0) is 31.2 Å². The summed E-state index contributed by atoms with van der Waals surface area (Å²) in [6, 6.07) is 11.2. The van der Waals surface area contributed by atoms with Crippen LogP contribution in [0.3, 0.4) is 0 Å². The van der Waals surface area contributed by atoms with Gasteiger partial charge in [0, 0.05) is 29.2 Å². The number of ether oxygens (including phenoxy) is 1. The molecule has 2 aromatic heterocycles. The molecule has 0 aliphatic carbocycles. The van der Waals surface area contributed by atoms with Crippen LogP contribution in [0, 0.1) is 17.0 Å². The van der Waals surface area contributed by atoms with Gasteiger partial charge in [0.2, 0.25) is 0 Å². The van der Waals surface area contributed by atoms with Gasteiger partial charge < -0.3 is 9.15 Å². The zero-order valence-electron chi connectivity index (χ0n) is 16.0. The summed E-state index contributed by atoms with van der Waals surface area (Å²) in [4.78, 5) is 34.8. The van der Waals surface area contributed by atoms with Gasteiger partial charge in [0.05, 0.1) is 28.9 Å². The van der Waals surface area contributed by atoms with Crippen molar-refractivity contribution in [1.29, 1.82) is 0 Å². The maximum Gasteiger partial charge on any atom is 0.347 e. The first kappa shape index (κ1) is 19.1. The van der Waals surface area contributed by atoms with Gasteiger partial charge in [0.25, 0.3) is 5.69 Å². The highest BCUT2D eigenvalue weighted by Crippen LogP contribution is 2.30. The molecule has 0 radical (unpaired) electrons. The number of hydrogen-bond donors (Lipinski definition) is 0. The van der Waals surface area contributed by atoms with Crippen LogP contribution in [0.2, 0.25) is 0 Å². The zero-order chi connectivity index (χ0) is 21.4.